The van der Waals surface area contributed by atoms with Gasteiger partial charge in [-0.2, -0.15) is 0 Å². The summed E-state index contributed by atoms with van der Waals surface area (Å²) in [5.41, 5.74) is 5.54. The van der Waals surface area contributed by atoms with E-state index in [4.69, 9.17) is 9.16 Å². The molecule has 178 valence electrons. The molecule has 0 fully saturated rings. The molecule has 0 amide bonds. The van der Waals surface area contributed by atoms with Gasteiger partial charge in [-0.1, -0.05) is 38.1 Å². The Morgan fingerprint density at radius 1 is 1.12 bits per heavy atom. The number of nitro groups is 1. The number of hydrogen-bond donors (Lipinski definition) is 0. The number of benzene rings is 2. The van der Waals surface area contributed by atoms with Crippen LogP contribution in [0.1, 0.15) is 30.7 Å². The molecule has 3 aromatic rings. The number of rotatable bonds is 5. The molecule has 0 radical (unpaired) electrons. The maximum atomic E-state index is 11.5. The first-order valence-corrected chi connectivity index (χ1v) is 12.9. The number of nitro benzene ring substituents is 1. The number of furan rings is 1. The highest BCUT2D eigenvalue weighted by Gasteiger charge is 2.41. The predicted molar refractivity (Wildman–Crippen MR) is 140 cm³/mol. The van der Waals surface area contributed by atoms with Crippen LogP contribution in [-0.2, 0) is 5.41 Å². The Morgan fingerprint density at radius 3 is 2.41 bits per heavy atom. The third-order valence-electron chi connectivity index (χ3n) is 6.57. The summed E-state index contributed by atoms with van der Waals surface area (Å²) in [6.07, 6.45) is 0. The fraction of sp³-hybridized carbons (Fsp3) is 0.308. The normalized spacial score (nSPS) is 17.6. The van der Waals surface area contributed by atoms with E-state index in [2.05, 4.69) is 60.5 Å². The van der Waals surface area contributed by atoms with Gasteiger partial charge in [0.05, 0.1) is 10.6 Å². The first-order valence-electron chi connectivity index (χ1n) is 11.2. The fourth-order valence-electron chi connectivity index (χ4n) is 4.53. The second-order valence-electron chi connectivity index (χ2n) is 9.42. The Morgan fingerprint density at radius 2 is 1.82 bits per heavy atom. The van der Waals surface area contributed by atoms with Crippen LogP contribution in [0.2, 0.25) is 0 Å². The lowest BCUT2D eigenvalue weighted by atomic mass is 9.84. The van der Waals surface area contributed by atoms with Gasteiger partial charge in [0.2, 0.25) is 0 Å². The van der Waals surface area contributed by atoms with Crippen molar-refractivity contribution in [1.29, 1.82) is 0 Å². The molecule has 1 aromatic heterocycles. The van der Waals surface area contributed by atoms with Crippen LogP contribution < -0.4 is 10.4 Å². The molecule has 0 saturated heterocycles. The van der Waals surface area contributed by atoms with Crippen molar-refractivity contribution in [2.45, 2.75) is 33.1 Å². The van der Waals surface area contributed by atoms with Crippen LogP contribution in [0.3, 0.4) is 0 Å². The number of fused-ring (bicyclic) bond motifs is 1. The maximum Gasteiger partial charge on any atom is 0.271 e. The molecule has 34 heavy (non-hydrogen) atoms. The minimum atomic E-state index is -2.63. The number of anilines is 1. The van der Waals surface area contributed by atoms with Crippen LogP contribution in [0.15, 0.2) is 75.3 Å². The van der Waals surface area contributed by atoms with E-state index >= 15 is 0 Å². The van der Waals surface area contributed by atoms with Gasteiger partial charge in [0.15, 0.2) is 5.50 Å². The third-order valence-corrected chi connectivity index (χ3v) is 9.80. The zero-order valence-corrected chi connectivity index (χ0v) is 21.6. The molecule has 2 heterocycles. The SMILES string of the molecule is Cc1ccc(P(/C=C2/N(C)c3ccccc3C2(C)C)(=Nc2cc([N+](=O)[O-])ccc2C)N(C)C)o1. The second kappa shape index (κ2) is 8.57. The standard InChI is InChI=1S/C26H31N4O3P/c1-18-12-14-20(30(31)32)16-22(18)27-34(28(5)6,25-15-13-19(2)33-25)17-24-26(3,4)21-10-8-9-11-23(21)29(24)7/h8-17H,1-7H3/b24-17+. The van der Waals surface area contributed by atoms with E-state index in [1.807, 2.05) is 40.1 Å². The van der Waals surface area contributed by atoms with Crippen LogP contribution in [0.5, 0.6) is 0 Å². The molecule has 0 bridgehead atoms. The number of para-hydroxylation sites is 1. The Balaban J connectivity index is 2.06. The van der Waals surface area contributed by atoms with Gasteiger partial charge in [-0.25, -0.2) is 4.74 Å². The van der Waals surface area contributed by atoms with E-state index in [0.29, 0.717) is 5.69 Å². The molecule has 1 atom stereocenters. The van der Waals surface area contributed by atoms with Crippen molar-refractivity contribution in [2.24, 2.45) is 4.74 Å². The number of hydrogen-bond acceptors (Lipinski definition) is 5. The minimum absolute atomic E-state index is 0.0233. The van der Waals surface area contributed by atoms with Gasteiger partial charge >= 0.3 is 0 Å². The summed E-state index contributed by atoms with van der Waals surface area (Å²) in [5, 5.41) is 11.5. The van der Waals surface area contributed by atoms with Gasteiger partial charge in [-0.3, -0.25) is 14.8 Å². The monoisotopic (exact) mass is 478 g/mol. The van der Waals surface area contributed by atoms with Crippen molar-refractivity contribution in [2.75, 3.05) is 26.0 Å². The molecular weight excluding hydrogens is 447 g/mol. The average molecular weight is 479 g/mol. The molecule has 4 rings (SSSR count). The Labute approximate surface area is 201 Å². The molecule has 0 N–H and O–H groups in total. The minimum Gasteiger partial charge on any atom is -0.459 e. The van der Waals surface area contributed by atoms with Gasteiger partial charge in [-0.15, -0.1) is 0 Å². The zero-order chi connectivity index (χ0) is 24.8. The van der Waals surface area contributed by atoms with E-state index in [1.54, 1.807) is 12.1 Å². The van der Waals surface area contributed by atoms with E-state index in [1.165, 1.54) is 11.6 Å². The van der Waals surface area contributed by atoms with Crippen LogP contribution in [-0.4, -0.2) is 30.7 Å². The van der Waals surface area contributed by atoms with Crippen LogP contribution >= 0.6 is 7.21 Å². The van der Waals surface area contributed by atoms with Crippen molar-refractivity contribution in [1.82, 2.24) is 4.67 Å². The first kappa shape index (κ1) is 24.0. The van der Waals surface area contributed by atoms with E-state index in [9.17, 15) is 10.1 Å². The van der Waals surface area contributed by atoms with Crippen molar-refractivity contribution >= 4 is 29.8 Å². The quantitative estimate of drug-likeness (QED) is 0.231. The van der Waals surface area contributed by atoms with Gasteiger partial charge < -0.3 is 9.32 Å². The molecule has 0 aliphatic carbocycles. The summed E-state index contributed by atoms with van der Waals surface area (Å²) < 4.78 is 13.6. The highest BCUT2D eigenvalue weighted by Crippen LogP contribution is 2.59. The lowest BCUT2D eigenvalue weighted by molar-refractivity contribution is -0.384. The molecular formula is C26H31N4O3P. The summed E-state index contributed by atoms with van der Waals surface area (Å²) >= 11 is 0. The van der Waals surface area contributed by atoms with Gasteiger partial charge in [0, 0.05) is 36.0 Å². The Hall–Kier alpha value is -3.15. The number of likely N-dealkylation sites (N-methyl/N-ethyl adjacent to an activating group) is 1. The number of allylic oxidation sites excluding steroid dienone is 1. The number of non-ortho nitro benzene ring substituents is 1. The highest BCUT2D eigenvalue weighted by atomic mass is 31.2. The Bertz CT molecular complexity index is 1350. The maximum absolute atomic E-state index is 11.5. The Kier molecular flexibility index (Phi) is 6.05. The van der Waals surface area contributed by atoms with Crippen molar-refractivity contribution in [3.8, 4) is 0 Å². The van der Waals surface area contributed by atoms with Gasteiger partial charge in [0.25, 0.3) is 5.69 Å². The topological polar surface area (TPSA) is 75.1 Å². The summed E-state index contributed by atoms with van der Waals surface area (Å²) in [6.45, 7) is 8.28. The molecule has 2 aromatic carbocycles. The molecule has 1 aliphatic heterocycles. The van der Waals surface area contributed by atoms with Gasteiger partial charge in [0.1, 0.15) is 13.0 Å². The van der Waals surface area contributed by atoms with E-state index in [-0.39, 0.29) is 16.0 Å². The third kappa shape index (κ3) is 3.89. The first-order chi connectivity index (χ1) is 16.0. The number of nitrogens with zero attached hydrogens (tertiary/aromatic N) is 4. The zero-order valence-electron chi connectivity index (χ0n) is 20.7. The second-order valence-corrected chi connectivity index (χ2v) is 12.4. The number of aryl methyl sites for hydroxylation is 2. The molecule has 1 aliphatic rings. The average Bonchev–Trinajstić information content (AvgIpc) is 3.30. The molecule has 7 nitrogen and oxygen atoms in total. The fourth-order valence-corrected chi connectivity index (χ4v) is 7.57. The molecule has 0 spiro atoms. The lowest BCUT2D eigenvalue weighted by Gasteiger charge is -2.31. The summed E-state index contributed by atoms with van der Waals surface area (Å²) in [4.78, 5) is 13.3. The lowest BCUT2D eigenvalue weighted by Crippen LogP contribution is -2.25. The highest BCUT2D eigenvalue weighted by molar-refractivity contribution is 7.74. The summed E-state index contributed by atoms with van der Waals surface area (Å²) in [7, 11) is 3.44. The molecule has 1 unspecified atom stereocenters. The molecule has 8 heteroatoms. The van der Waals surface area contributed by atoms with E-state index < -0.39 is 7.21 Å². The molecule has 0 saturated carbocycles. The van der Waals surface area contributed by atoms with Crippen LogP contribution in [0, 0.1) is 24.0 Å². The predicted octanol–water partition coefficient (Wildman–Crippen LogP) is 6.71. The van der Waals surface area contributed by atoms with Crippen molar-refractivity contribution in [3.05, 3.63) is 93.1 Å². The largest absolute Gasteiger partial charge is 0.459 e. The summed E-state index contributed by atoms with van der Waals surface area (Å²) in [6, 6.07) is 17.2. The van der Waals surface area contributed by atoms with Crippen LogP contribution in [0.25, 0.3) is 0 Å². The van der Waals surface area contributed by atoms with Crippen LogP contribution in [0.4, 0.5) is 17.1 Å². The van der Waals surface area contributed by atoms with E-state index in [0.717, 1.165) is 28.2 Å². The summed E-state index contributed by atoms with van der Waals surface area (Å²) in [5.74, 6) is 3.04. The smallest absolute Gasteiger partial charge is 0.271 e. The van der Waals surface area contributed by atoms with Crippen molar-refractivity contribution < 1.29 is 9.34 Å². The van der Waals surface area contributed by atoms with Crippen molar-refractivity contribution in [3.63, 3.8) is 0 Å². The van der Waals surface area contributed by atoms with Gasteiger partial charge in [-0.05, 0) is 63.1 Å².